The number of hydrogen-bond acceptors (Lipinski definition) is 2. The van der Waals surface area contributed by atoms with Crippen molar-refractivity contribution < 1.29 is 9.90 Å². The van der Waals surface area contributed by atoms with Crippen molar-refractivity contribution in [3.63, 3.8) is 0 Å². The van der Waals surface area contributed by atoms with Crippen LogP contribution in [0.1, 0.15) is 85.5 Å². The summed E-state index contributed by atoms with van der Waals surface area (Å²) in [6, 6.07) is 0. The molecule has 0 heterocycles. The van der Waals surface area contributed by atoms with Crippen molar-refractivity contribution in [3.8, 4) is 0 Å². The molecule has 0 aromatic carbocycles. The molecule has 0 aromatic heterocycles. The first-order valence-corrected chi connectivity index (χ1v) is 8.99. The van der Waals surface area contributed by atoms with Gasteiger partial charge in [-0.25, -0.2) is 0 Å². The minimum Gasteiger partial charge on any atom is -0.390 e. The maximum absolute atomic E-state index is 12.9. The largest absolute Gasteiger partial charge is 0.390 e. The predicted octanol–water partition coefficient (Wildman–Crippen LogP) is 4.74. The van der Waals surface area contributed by atoms with E-state index in [1.807, 2.05) is 13.8 Å². The highest BCUT2D eigenvalue weighted by atomic mass is 16.3. The average Bonchev–Trinajstić information content (AvgIpc) is 2.37. The Morgan fingerprint density at radius 1 is 1.29 bits per heavy atom. The fourth-order valence-electron chi connectivity index (χ4n) is 4.69. The van der Waals surface area contributed by atoms with Gasteiger partial charge in [0.1, 0.15) is 5.78 Å². The Hall–Kier alpha value is -0.370. The Bertz CT molecular complexity index is 368. The molecule has 0 aromatic rings. The van der Waals surface area contributed by atoms with Gasteiger partial charge in [-0.1, -0.05) is 33.1 Å². The molecule has 0 bridgehead atoms. The third-order valence-corrected chi connectivity index (χ3v) is 6.20. The lowest BCUT2D eigenvalue weighted by atomic mass is 9.56. The second kappa shape index (κ2) is 6.40. The van der Waals surface area contributed by atoms with E-state index in [4.69, 9.17) is 0 Å². The zero-order valence-electron chi connectivity index (χ0n) is 14.5. The summed E-state index contributed by atoms with van der Waals surface area (Å²) in [6.07, 6.45) is 10.2. The van der Waals surface area contributed by atoms with Crippen LogP contribution >= 0.6 is 0 Å². The molecule has 4 atom stereocenters. The van der Waals surface area contributed by atoms with Crippen LogP contribution in [-0.4, -0.2) is 16.5 Å². The Labute approximate surface area is 130 Å². The van der Waals surface area contributed by atoms with E-state index in [2.05, 4.69) is 13.8 Å². The zero-order chi connectivity index (χ0) is 15.7. The quantitative estimate of drug-likeness (QED) is 0.795. The minimum absolute atomic E-state index is 0.281. The Kier molecular flexibility index (Phi) is 5.18. The number of hydrogen-bond donors (Lipinski definition) is 1. The predicted molar refractivity (Wildman–Crippen MR) is 87.1 cm³/mol. The molecule has 0 aliphatic heterocycles. The summed E-state index contributed by atoms with van der Waals surface area (Å²) in [5, 5.41) is 9.81. The molecule has 0 amide bonds. The molecule has 0 radical (unpaired) electrons. The minimum atomic E-state index is -0.571. The lowest BCUT2D eigenvalue weighted by molar-refractivity contribution is -0.140. The van der Waals surface area contributed by atoms with Crippen LogP contribution in [-0.2, 0) is 4.79 Å². The second-order valence-electron chi connectivity index (χ2n) is 8.68. The molecule has 3 unspecified atom stereocenters. The summed E-state index contributed by atoms with van der Waals surface area (Å²) in [4.78, 5) is 12.9. The molecule has 122 valence electrons. The fourth-order valence-corrected chi connectivity index (χ4v) is 4.69. The first kappa shape index (κ1) is 17.0. The number of ketones is 1. The molecule has 2 heteroatoms. The number of aliphatic hydroxyl groups is 1. The van der Waals surface area contributed by atoms with Crippen LogP contribution in [0.5, 0.6) is 0 Å². The van der Waals surface area contributed by atoms with Crippen LogP contribution in [0.25, 0.3) is 0 Å². The normalized spacial score (nSPS) is 35.4. The van der Waals surface area contributed by atoms with E-state index in [1.165, 1.54) is 25.7 Å². The van der Waals surface area contributed by atoms with E-state index in [9.17, 15) is 9.90 Å². The highest BCUT2D eigenvalue weighted by molar-refractivity contribution is 5.85. The summed E-state index contributed by atoms with van der Waals surface area (Å²) >= 11 is 0. The van der Waals surface area contributed by atoms with Gasteiger partial charge in [-0.3, -0.25) is 4.79 Å². The van der Waals surface area contributed by atoms with Crippen LogP contribution in [0.15, 0.2) is 0 Å². The average molecular weight is 294 g/mol. The lowest BCUT2D eigenvalue weighted by Crippen LogP contribution is -2.45. The molecule has 2 saturated carbocycles. The van der Waals surface area contributed by atoms with Crippen LogP contribution < -0.4 is 0 Å². The highest BCUT2D eigenvalue weighted by Crippen LogP contribution is 2.51. The summed E-state index contributed by atoms with van der Waals surface area (Å²) in [7, 11) is 0. The monoisotopic (exact) mass is 294 g/mol. The molecular weight excluding hydrogens is 260 g/mol. The number of Topliss-reactive ketones (excluding diaryl/α,β-unsaturated/α-hetero) is 1. The van der Waals surface area contributed by atoms with Gasteiger partial charge in [0.15, 0.2) is 0 Å². The standard InChI is InChI=1S/C19H34O2/c1-14(8-7-11-18(2,3)21)15-10-13-19(4)12-6-5-9-16(19)17(15)20/h14-16,21H,5-13H2,1-4H3/t14-,15?,16?,19?/m1/s1. The van der Waals surface area contributed by atoms with E-state index >= 15 is 0 Å². The van der Waals surface area contributed by atoms with Crippen molar-refractivity contribution in [2.75, 3.05) is 0 Å². The van der Waals surface area contributed by atoms with Gasteiger partial charge in [-0.15, -0.1) is 0 Å². The van der Waals surface area contributed by atoms with Gasteiger partial charge in [0.05, 0.1) is 5.60 Å². The summed E-state index contributed by atoms with van der Waals surface area (Å²) in [5.74, 6) is 1.66. The molecule has 2 rings (SSSR count). The molecule has 2 aliphatic carbocycles. The number of carbonyl (C=O) groups is 1. The molecule has 2 aliphatic rings. The van der Waals surface area contributed by atoms with Crippen LogP contribution in [0.2, 0.25) is 0 Å². The van der Waals surface area contributed by atoms with E-state index in [1.54, 1.807) is 0 Å². The maximum atomic E-state index is 12.9. The van der Waals surface area contributed by atoms with Gasteiger partial charge in [0.25, 0.3) is 0 Å². The van der Waals surface area contributed by atoms with Gasteiger partial charge >= 0.3 is 0 Å². The molecule has 0 saturated heterocycles. The van der Waals surface area contributed by atoms with Crippen molar-refractivity contribution in [3.05, 3.63) is 0 Å². The maximum Gasteiger partial charge on any atom is 0.139 e. The summed E-state index contributed by atoms with van der Waals surface area (Å²) in [5.41, 5.74) is -0.267. The number of carbonyl (C=O) groups excluding carboxylic acids is 1. The second-order valence-corrected chi connectivity index (χ2v) is 8.68. The van der Waals surface area contributed by atoms with E-state index in [0.717, 1.165) is 32.1 Å². The van der Waals surface area contributed by atoms with Crippen LogP contribution in [0.4, 0.5) is 0 Å². The zero-order valence-corrected chi connectivity index (χ0v) is 14.5. The topological polar surface area (TPSA) is 37.3 Å². The van der Waals surface area contributed by atoms with E-state index < -0.39 is 5.60 Å². The fraction of sp³-hybridized carbons (Fsp3) is 0.947. The molecule has 2 fully saturated rings. The van der Waals surface area contributed by atoms with E-state index in [-0.39, 0.29) is 5.92 Å². The van der Waals surface area contributed by atoms with Gasteiger partial charge in [0.2, 0.25) is 0 Å². The molecule has 21 heavy (non-hydrogen) atoms. The van der Waals surface area contributed by atoms with E-state index in [0.29, 0.717) is 23.0 Å². The Morgan fingerprint density at radius 3 is 2.67 bits per heavy atom. The molecule has 0 spiro atoms. The molecule has 1 N–H and O–H groups in total. The molecule has 2 nitrogen and oxygen atoms in total. The highest BCUT2D eigenvalue weighted by Gasteiger charge is 2.47. The SMILES string of the molecule is C[C@H](CCCC(C)(C)O)C1CCC2(C)CCCCC2C1=O. The van der Waals surface area contributed by atoms with Crippen molar-refractivity contribution in [2.24, 2.45) is 23.2 Å². The first-order valence-electron chi connectivity index (χ1n) is 8.99. The van der Waals surface area contributed by atoms with Gasteiger partial charge in [0, 0.05) is 11.8 Å². The van der Waals surface area contributed by atoms with Crippen molar-refractivity contribution in [1.29, 1.82) is 0 Å². The van der Waals surface area contributed by atoms with Gasteiger partial charge in [-0.2, -0.15) is 0 Å². The van der Waals surface area contributed by atoms with Crippen LogP contribution in [0, 0.1) is 23.2 Å². The Balaban J connectivity index is 1.90. The third kappa shape index (κ3) is 4.09. The van der Waals surface area contributed by atoms with Crippen molar-refractivity contribution >= 4 is 5.78 Å². The summed E-state index contributed by atoms with van der Waals surface area (Å²) < 4.78 is 0. The van der Waals surface area contributed by atoms with Crippen molar-refractivity contribution in [2.45, 2.75) is 91.1 Å². The van der Waals surface area contributed by atoms with Crippen LogP contribution in [0.3, 0.4) is 0 Å². The lowest BCUT2D eigenvalue weighted by Gasteiger charge is -2.47. The summed E-state index contributed by atoms with van der Waals surface area (Å²) in [6.45, 7) is 8.34. The first-order chi connectivity index (χ1) is 9.73. The smallest absolute Gasteiger partial charge is 0.139 e. The third-order valence-electron chi connectivity index (χ3n) is 6.20. The Morgan fingerprint density at radius 2 is 2.00 bits per heavy atom. The number of fused-ring (bicyclic) bond motifs is 1. The number of rotatable bonds is 5. The molecular formula is C19H34O2. The van der Waals surface area contributed by atoms with Crippen molar-refractivity contribution in [1.82, 2.24) is 0 Å². The van der Waals surface area contributed by atoms with Gasteiger partial charge < -0.3 is 5.11 Å². The van der Waals surface area contributed by atoms with Gasteiger partial charge in [-0.05, 0) is 63.7 Å².